The summed E-state index contributed by atoms with van der Waals surface area (Å²) < 4.78 is 9.72. The first-order valence-corrected chi connectivity index (χ1v) is 3.61. The molecule has 0 N–H and O–H groups in total. The van der Waals surface area contributed by atoms with Gasteiger partial charge < -0.3 is 9.47 Å². The predicted octanol–water partition coefficient (Wildman–Crippen LogP) is 1.14. The molecular weight excluding hydrogens is 144 g/mol. The van der Waals surface area contributed by atoms with Gasteiger partial charge in [-0.15, -0.1) is 6.58 Å². The number of carbonyl (C=O) groups is 1. The molecule has 0 saturated heterocycles. The minimum atomic E-state index is -0.493. The summed E-state index contributed by atoms with van der Waals surface area (Å²) in [6.45, 7) is 7.64. The maximum Gasteiger partial charge on any atom is 0.334 e. The van der Waals surface area contributed by atoms with E-state index in [-0.39, 0.29) is 5.97 Å². The van der Waals surface area contributed by atoms with E-state index < -0.39 is 6.10 Å². The van der Waals surface area contributed by atoms with E-state index in [0.717, 1.165) is 0 Å². The highest BCUT2D eigenvalue weighted by molar-refractivity contribution is 5.74. The SMILES string of the molecule is C=CCO[C@H](C)C(=O)OCC. The number of hydrogen-bond donors (Lipinski definition) is 0. The van der Waals surface area contributed by atoms with Crippen LogP contribution < -0.4 is 0 Å². The Morgan fingerprint density at radius 1 is 1.73 bits per heavy atom. The van der Waals surface area contributed by atoms with Gasteiger partial charge in [0, 0.05) is 0 Å². The summed E-state index contributed by atoms with van der Waals surface area (Å²) in [5.41, 5.74) is 0. The molecule has 0 heterocycles. The van der Waals surface area contributed by atoms with E-state index in [2.05, 4.69) is 6.58 Å². The lowest BCUT2D eigenvalue weighted by molar-refractivity contribution is -0.154. The second-order valence-corrected chi connectivity index (χ2v) is 2.02. The summed E-state index contributed by atoms with van der Waals surface area (Å²) >= 11 is 0. The fraction of sp³-hybridized carbons (Fsp3) is 0.625. The molecule has 0 bridgehead atoms. The van der Waals surface area contributed by atoms with Crippen molar-refractivity contribution in [1.82, 2.24) is 0 Å². The Hall–Kier alpha value is -0.830. The van der Waals surface area contributed by atoms with Gasteiger partial charge in [-0.1, -0.05) is 6.08 Å². The molecule has 0 aromatic carbocycles. The highest BCUT2D eigenvalue weighted by atomic mass is 16.6. The van der Waals surface area contributed by atoms with Crippen LogP contribution in [0.15, 0.2) is 12.7 Å². The number of hydrogen-bond acceptors (Lipinski definition) is 3. The predicted molar refractivity (Wildman–Crippen MR) is 42.2 cm³/mol. The minimum Gasteiger partial charge on any atom is -0.464 e. The molecule has 64 valence electrons. The molecule has 0 unspecified atom stereocenters. The Morgan fingerprint density at radius 3 is 2.82 bits per heavy atom. The molecule has 0 radical (unpaired) electrons. The Kier molecular flexibility index (Phi) is 5.47. The van der Waals surface area contributed by atoms with Gasteiger partial charge in [0.2, 0.25) is 0 Å². The van der Waals surface area contributed by atoms with Gasteiger partial charge in [0.15, 0.2) is 6.10 Å². The average molecular weight is 158 g/mol. The Morgan fingerprint density at radius 2 is 2.36 bits per heavy atom. The molecule has 0 aliphatic rings. The first kappa shape index (κ1) is 10.2. The molecule has 0 saturated carbocycles. The number of esters is 1. The van der Waals surface area contributed by atoms with Crippen molar-refractivity contribution < 1.29 is 14.3 Å². The third-order valence-electron chi connectivity index (χ3n) is 1.08. The molecule has 0 amide bonds. The summed E-state index contributed by atoms with van der Waals surface area (Å²) in [5, 5.41) is 0. The van der Waals surface area contributed by atoms with Crippen molar-refractivity contribution in [3.05, 3.63) is 12.7 Å². The number of carbonyl (C=O) groups excluding carboxylic acids is 1. The van der Waals surface area contributed by atoms with E-state index in [1.54, 1.807) is 19.9 Å². The highest BCUT2D eigenvalue weighted by Crippen LogP contribution is 1.93. The summed E-state index contributed by atoms with van der Waals surface area (Å²) in [6, 6.07) is 0. The van der Waals surface area contributed by atoms with E-state index in [4.69, 9.17) is 9.47 Å². The zero-order chi connectivity index (χ0) is 8.69. The fourth-order valence-corrected chi connectivity index (χ4v) is 0.540. The Bertz CT molecular complexity index is 131. The first-order valence-electron chi connectivity index (χ1n) is 3.61. The minimum absolute atomic E-state index is 0.325. The molecule has 1 atom stereocenters. The van der Waals surface area contributed by atoms with Crippen LogP contribution in [0.1, 0.15) is 13.8 Å². The van der Waals surface area contributed by atoms with Crippen LogP contribution >= 0.6 is 0 Å². The summed E-state index contributed by atoms with van der Waals surface area (Å²) in [5.74, 6) is -0.325. The molecule has 0 aromatic heterocycles. The third kappa shape index (κ3) is 4.56. The van der Waals surface area contributed by atoms with Gasteiger partial charge >= 0.3 is 5.97 Å². The average Bonchev–Trinajstić information content (AvgIpc) is 2.00. The van der Waals surface area contributed by atoms with Crippen LogP contribution in [0, 0.1) is 0 Å². The fourth-order valence-electron chi connectivity index (χ4n) is 0.540. The summed E-state index contributed by atoms with van der Waals surface area (Å²) in [6.07, 6.45) is 1.10. The second-order valence-electron chi connectivity index (χ2n) is 2.02. The van der Waals surface area contributed by atoms with Crippen molar-refractivity contribution in [2.45, 2.75) is 20.0 Å². The molecular formula is C8H14O3. The number of ether oxygens (including phenoxy) is 2. The smallest absolute Gasteiger partial charge is 0.334 e. The van der Waals surface area contributed by atoms with Gasteiger partial charge in [-0.05, 0) is 13.8 Å². The van der Waals surface area contributed by atoms with Crippen LogP contribution in [0.5, 0.6) is 0 Å². The Balaban J connectivity index is 3.54. The highest BCUT2D eigenvalue weighted by Gasteiger charge is 2.12. The van der Waals surface area contributed by atoms with Crippen LogP contribution in [0.3, 0.4) is 0 Å². The summed E-state index contributed by atoms with van der Waals surface area (Å²) in [7, 11) is 0. The van der Waals surface area contributed by atoms with Crippen LogP contribution in [0.4, 0.5) is 0 Å². The van der Waals surface area contributed by atoms with Gasteiger partial charge in [-0.25, -0.2) is 4.79 Å². The zero-order valence-corrected chi connectivity index (χ0v) is 7.00. The largest absolute Gasteiger partial charge is 0.464 e. The van der Waals surface area contributed by atoms with Crippen molar-refractivity contribution in [3.63, 3.8) is 0 Å². The molecule has 0 fully saturated rings. The van der Waals surface area contributed by atoms with Crippen LogP contribution in [-0.4, -0.2) is 25.3 Å². The maximum atomic E-state index is 10.9. The van der Waals surface area contributed by atoms with E-state index in [1.807, 2.05) is 0 Å². The van der Waals surface area contributed by atoms with Gasteiger partial charge in [-0.2, -0.15) is 0 Å². The van der Waals surface area contributed by atoms with E-state index in [1.165, 1.54) is 0 Å². The van der Waals surface area contributed by atoms with Crippen LogP contribution in [0.25, 0.3) is 0 Å². The number of rotatable bonds is 5. The molecule has 0 aromatic rings. The van der Waals surface area contributed by atoms with E-state index in [9.17, 15) is 4.79 Å². The van der Waals surface area contributed by atoms with E-state index >= 15 is 0 Å². The molecule has 0 rings (SSSR count). The normalized spacial score (nSPS) is 12.2. The standard InChI is InChI=1S/C8H14O3/c1-4-6-11-7(3)8(9)10-5-2/h4,7H,1,5-6H2,2-3H3/t7-/m1/s1. The maximum absolute atomic E-state index is 10.9. The van der Waals surface area contributed by atoms with Gasteiger partial charge in [-0.3, -0.25) is 0 Å². The van der Waals surface area contributed by atoms with Crippen molar-refractivity contribution >= 4 is 5.97 Å². The van der Waals surface area contributed by atoms with E-state index in [0.29, 0.717) is 13.2 Å². The van der Waals surface area contributed by atoms with Gasteiger partial charge in [0.25, 0.3) is 0 Å². The molecule has 0 spiro atoms. The van der Waals surface area contributed by atoms with Crippen molar-refractivity contribution in [1.29, 1.82) is 0 Å². The molecule has 0 aliphatic heterocycles. The molecule has 3 nitrogen and oxygen atoms in total. The quantitative estimate of drug-likeness (QED) is 0.444. The molecule has 11 heavy (non-hydrogen) atoms. The van der Waals surface area contributed by atoms with Crippen LogP contribution in [0.2, 0.25) is 0 Å². The molecule has 0 aliphatic carbocycles. The first-order chi connectivity index (χ1) is 5.22. The lowest BCUT2D eigenvalue weighted by Crippen LogP contribution is -2.23. The van der Waals surface area contributed by atoms with Gasteiger partial charge in [0.05, 0.1) is 13.2 Å². The van der Waals surface area contributed by atoms with Gasteiger partial charge in [0.1, 0.15) is 0 Å². The molecule has 3 heteroatoms. The summed E-state index contributed by atoms with van der Waals surface area (Å²) in [4.78, 5) is 10.9. The lowest BCUT2D eigenvalue weighted by Gasteiger charge is -2.09. The zero-order valence-electron chi connectivity index (χ0n) is 7.00. The van der Waals surface area contributed by atoms with Crippen molar-refractivity contribution in [3.8, 4) is 0 Å². The second kappa shape index (κ2) is 5.92. The van der Waals surface area contributed by atoms with Crippen molar-refractivity contribution in [2.24, 2.45) is 0 Å². The van der Waals surface area contributed by atoms with Crippen molar-refractivity contribution in [2.75, 3.05) is 13.2 Å². The monoisotopic (exact) mass is 158 g/mol. The third-order valence-corrected chi connectivity index (χ3v) is 1.08. The lowest BCUT2D eigenvalue weighted by atomic mass is 10.4. The Labute approximate surface area is 67.0 Å². The topological polar surface area (TPSA) is 35.5 Å². The van der Waals surface area contributed by atoms with Crippen LogP contribution in [-0.2, 0) is 14.3 Å².